The molecule has 0 bridgehead atoms. The number of methoxy groups -OCH3 is 1. The van der Waals surface area contributed by atoms with Crippen molar-refractivity contribution in [1.82, 2.24) is 13.9 Å². The van der Waals surface area contributed by atoms with Gasteiger partial charge in [-0.05, 0) is 18.2 Å². The van der Waals surface area contributed by atoms with Gasteiger partial charge in [0.25, 0.3) is 0 Å². The predicted molar refractivity (Wildman–Crippen MR) is 117 cm³/mol. The molecule has 4 rings (SSSR count). The smallest absolute Gasteiger partial charge is 0.151 e. The van der Waals surface area contributed by atoms with E-state index in [1.807, 2.05) is 40.5 Å². The number of hydrogen-bond acceptors (Lipinski definition) is 5. The van der Waals surface area contributed by atoms with Gasteiger partial charge in [-0.1, -0.05) is 18.2 Å². The number of rotatable bonds is 5. The highest BCUT2D eigenvalue weighted by Gasteiger charge is 2.16. The van der Waals surface area contributed by atoms with Gasteiger partial charge in [0.05, 0.1) is 7.11 Å². The topological polar surface area (TPSA) is 57.0 Å². The molecule has 0 aliphatic carbocycles. The third-order valence-corrected chi connectivity index (χ3v) is 6.01. The van der Waals surface area contributed by atoms with Gasteiger partial charge in [-0.3, -0.25) is 13.8 Å². The van der Waals surface area contributed by atoms with Crippen LogP contribution in [0, 0.1) is 0 Å². The Morgan fingerprint density at radius 2 is 1.93 bits per heavy atom. The van der Waals surface area contributed by atoms with Crippen molar-refractivity contribution in [3.05, 3.63) is 66.7 Å². The lowest BCUT2D eigenvalue weighted by atomic mass is 10.0. The van der Waals surface area contributed by atoms with E-state index in [0.29, 0.717) is 5.56 Å². The van der Waals surface area contributed by atoms with Crippen LogP contribution in [-0.2, 0) is 0 Å². The molecule has 0 atom stereocenters. The van der Waals surface area contributed by atoms with E-state index in [4.69, 9.17) is 4.74 Å². The van der Waals surface area contributed by atoms with Gasteiger partial charge in [-0.15, -0.1) is 0 Å². The van der Waals surface area contributed by atoms with Crippen LogP contribution in [0.25, 0.3) is 33.3 Å². The molecule has 0 unspecified atom stereocenters. The third-order valence-electron chi connectivity index (χ3n) is 4.31. The summed E-state index contributed by atoms with van der Waals surface area (Å²) in [5, 5.41) is 1.01. The molecule has 4 aromatic rings. The molecule has 3 aromatic heterocycles. The van der Waals surface area contributed by atoms with Crippen molar-refractivity contribution in [2.75, 3.05) is 7.11 Å². The van der Waals surface area contributed by atoms with Crippen molar-refractivity contribution < 1.29 is 9.53 Å². The molecule has 134 valence electrons. The quantitative estimate of drug-likeness (QED) is 0.278. The van der Waals surface area contributed by atoms with E-state index >= 15 is 0 Å². The number of halogens is 1. The Morgan fingerprint density at radius 1 is 1.11 bits per heavy atom. The average molecular weight is 487 g/mol. The molecule has 0 radical (unpaired) electrons. The number of para-hydroxylation sites is 1. The van der Waals surface area contributed by atoms with Gasteiger partial charge < -0.3 is 4.74 Å². The van der Waals surface area contributed by atoms with Gasteiger partial charge in [0.15, 0.2) is 11.9 Å². The first kappa shape index (κ1) is 18.0. The van der Waals surface area contributed by atoms with Crippen molar-refractivity contribution in [2.24, 2.45) is 0 Å². The number of hydrogen-bond donors (Lipinski definition) is 0. The number of carbonyl (C=O) groups excluding carboxylic acids is 1. The normalized spacial score (nSPS) is 10.9. The van der Waals surface area contributed by atoms with Gasteiger partial charge in [-0.2, -0.15) is 0 Å². The van der Waals surface area contributed by atoms with Crippen molar-refractivity contribution in [3.63, 3.8) is 0 Å². The first-order valence-corrected chi connectivity index (χ1v) is 11.4. The number of fused-ring (bicyclic) bond motifs is 1. The lowest BCUT2D eigenvalue weighted by Gasteiger charge is -2.07. The maximum absolute atomic E-state index is 11.1. The molecule has 0 spiro atoms. The number of nitrogens with zero attached hydrogens (tertiary/aromatic N) is 3. The Balaban J connectivity index is 1.95. The van der Waals surface area contributed by atoms with E-state index < -0.39 is 0 Å². The van der Waals surface area contributed by atoms with Crippen LogP contribution in [0.3, 0.4) is 0 Å². The number of carbonyl (C=O) groups is 1. The molecule has 0 aliphatic heterocycles. The summed E-state index contributed by atoms with van der Waals surface area (Å²) in [7, 11) is 3.23. The minimum Gasteiger partial charge on any atom is -0.496 e. The fraction of sp³-hybridized carbons (Fsp3) is 0.0500. The Bertz CT molecular complexity index is 1140. The van der Waals surface area contributed by atoms with E-state index in [-0.39, 0.29) is 0 Å². The van der Waals surface area contributed by atoms with E-state index in [0.717, 1.165) is 45.3 Å². The highest BCUT2D eigenvalue weighted by Crippen LogP contribution is 2.39. The van der Waals surface area contributed by atoms with E-state index in [1.54, 1.807) is 28.6 Å². The highest BCUT2D eigenvalue weighted by molar-refractivity contribution is 14.2. The summed E-state index contributed by atoms with van der Waals surface area (Å²) in [6.45, 7) is 0. The van der Waals surface area contributed by atoms with Gasteiger partial charge in [0.2, 0.25) is 0 Å². The van der Waals surface area contributed by atoms with Gasteiger partial charge in [-0.25, -0.2) is 4.98 Å². The fourth-order valence-electron chi connectivity index (χ4n) is 3.05. The monoisotopic (exact) mass is 487 g/mol. The van der Waals surface area contributed by atoms with Crippen molar-refractivity contribution in [2.45, 2.75) is 0 Å². The Kier molecular flexibility index (Phi) is 5.13. The number of aldehydes is 1. The molecular weight excluding hydrogens is 473 g/mol. The second kappa shape index (κ2) is 7.69. The van der Waals surface area contributed by atoms with Gasteiger partial charge >= 0.3 is 0 Å². The SMILES string of the molecule is COc1ccccc1-c1cn(SI)c2ncc(-c3cncc(C=O)c3)cc12. The second-order valence-electron chi connectivity index (χ2n) is 5.86. The summed E-state index contributed by atoms with van der Waals surface area (Å²) in [6.07, 6.45) is 7.96. The summed E-state index contributed by atoms with van der Waals surface area (Å²) < 4.78 is 7.58. The molecule has 0 N–H and O–H groups in total. The minimum absolute atomic E-state index is 0.540. The van der Waals surface area contributed by atoms with Crippen molar-refractivity contribution in [1.29, 1.82) is 0 Å². The van der Waals surface area contributed by atoms with Crippen molar-refractivity contribution in [3.8, 4) is 28.0 Å². The van der Waals surface area contributed by atoms with Crippen LogP contribution in [0.4, 0.5) is 0 Å². The minimum atomic E-state index is 0.540. The van der Waals surface area contributed by atoms with Crippen LogP contribution < -0.4 is 4.74 Å². The fourth-order valence-corrected chi connectivity index (χ4v) is 4.31. The average Bonchev–Trinajstić information content (AvgIpc) is 3.11. The van der Waals surface area contributed by atoms with Gasteiger partial charge in [0, 0.05) is 88.3 Å². The van der Waals surface area contributed by atoms with Crippen LogP contribution in [-0.4, -0.2) is 27.3 Å². The zero-order valence-corrected chi connectivity index (χ0v) is 17.3. The number of ether oxygens (including phenoxy) is 1. The Hall–Kier alpha value is -2.39. The van der Waals surface area contributed by atoms with E-state index in [9.17, 15) is 4.79 Å². The maximum Gasteiger partial charge on any atom is 0.151 e. The molecule has 0 fully saturated rings. The first-order chi connectivity index (χ1) is 13.2. The van der Waals surface area contributed by atoms with Crippen LogP contribution >= 0.6 is 30.3 Å². The first-order valence-electron chi connectivity index (χ1n) is 8.09. The van der Waals surface area contributed by atoms with Crippen LogP contribution in [0.1, 0.15) is 10.4 Å². The summed E-state index contributed by atoms with van der Waals surface area (Å²) >= 11 is 2.24. The molecule has 5 nitrogen and oxygen atoms in total. The lowest BCUT2D eigenvalue weighted by molar-refractivity contribution is 0.112. The molecule has 1 aromatic carbocycles. The summed E-state index contributed by atoms with van der Waals surface area (Å²) in [5.74, 6) is 0.810. The molecule has 0 saturated heterocycles. The molecule has 7 heteroatoms. The second-order valence-corrected chi connectivity index (χ2v) is 7.57. The third kappa shape index (κ3) is 3.32. The predicted octanol–water partition coefficient (Wildman–Crippen LogP) is 5.43. The zero-order valence-electron chi connectivity index (χ0n) is 14.3. The van der Waals surface area contributed by atoms with Crippen LogP contribution in [0.5, 0.6) is 5.75 Å². The van der Waals surface area contributed by atoms with Crippen molar-refractivity contribution >= 4 is 47.6 Å². The number of aromatic nitrogens is 3. The molecule has 3 heterocycles. The number of pyridine rings is 2. The lowest BCUT2D eigenvalue weighted by Crippen LogP contribution is -1.89. The standard InChI is InChI=1S/C20H14IN3O2S/c1-26-19-5-3-2-4-16(19)18-11-24(27-21)20-17(18)7-15(10-23-20)14-6-13(12-25)8-22-9-14/h2-12H,1H3. The Labute approximate surface area is 172 Å². The molecular formula is C20H14IN3O2S. The van der Waals surface area contributed by atoms with E-state index in [2.05, 4.69) is 43.4 Å². The number of benzene rings is 1. The summed E-state index contributed by atoms with van der Waals surface area (Å²) in [4.78, 5) is 19.9. The summed E-state index contributed by atoms with van der Waals surface area (Å²) in [5.41, 5.74) is 5.23. The highest BCUT2D eigenvalue weighted by atomic mass is 127. The zero-order chi connectivity index (χ0) is 18.8. The molecule has 0 aliphatic rings. The summed E-state index contributed by atoms with van der Waals surface area (Å²) in [6, 6.07) is 11.8. The van der Waals surface area contributed by atoms with Crippen LogP contribution in [0.2, 0.25) is 0 Å². The van der Waals surface area contributed by atoms with E-state index in [1.165, 1.54) is 0 Å². The molecule has 0 amide bonds. The Morgan fingerprint density at radius 3 is 2.70 bits per heavy atom. The molecule has 0 saturated carbocycles. The van der Waals surface area contributed by atoms with Crippen LogP contribution in [0.15, 0.2) is 61.2 Å². The maximum atomic E-state index is 11.1. The largest absolute Gasteiger partial charge is 0.496 e. The molecule has 27 heavy (non-hydrogen) atoms. The van der Waals surface area contributed by atoms with Gasteiger partial charge in [0.1, 0.15) is 5.75 Å².